The molecule has 0 saturated heterocycles. The molecule has 1 amide bonds. The maximum atomic E-state index is 11.7. The number of nitrogens with zero attached hydrogens (tertiary/aromatic N) is 2. The normalized spacial score (nSPS) is 11.3. The molecule has 0 aliphatic heterocycles. The van der Waals surface area contributed by atoms with Crippen molar-refractivity contribution in [2.24, 2.45) is 4.99 Å². The number of sulfone groups is 1. The SMILES string of the molecule is C=CCNC(=NCc1ccc(S(C)(=O)=O)c(C)c1)NCC(=O)N(C)C.I. The van der Waals surface area contributed by atoms with Gasteiger partial charge >= 0.3 is 0 Å². The van der Waals surface area contributed by atoms with Gasteiger partial charge in [-0.05, 0) is 24.1 Å². The molecule has 0 spiro atoms. The first-order valence-electron chi connectivity index (χ1n) is 7.78. The highest BCUT2D eigenvalue weighted by atomic mass is 127. The molecule has 9 heteroatoms. The van der Waals surface area contributed by atoms with Crippen LogP contribution in [-0.4, -0.2) is 58.6 Å². The molecule has 0 fully saturated rings. The number of benzene rings is 1. The van der Waals surface area contributed by atoms with Crippen molar-refractivity contribution in [3.63, 3.8) is 0 Å². The summed E-state index contributed by atoms with van der Waals surface area (Å²) >= 11 is 0. The number of carbonyl (C=O) groups is 1. The summed E-state index contributed by atoms with van der Waals surface area (Å²) in [7, 11) is 0.136. The Bertz CT molecular complexity index is 761. The number of hydrogen-bond acceptors (Lipinski definition) is 4. The Hall–Kier alpha value is -1.62. The Balaban J connectivity index is 0.00000625. The van der Waals surface area contributed by atoms with E-state index in [1.54, 1.807) is 45.3 Å². The van der Waals surface area contributed by atoms with Gasteiger partial charge in [0.05, 0.1) is 18.0 Å². The largest absolute Gasteiger partial charge is 0.353 e. The molecular weight excluding hydrogens is 467 g/mol. The van der Waals surface area contributed by atoms with Gasteiger partial charge in [-0.15, -0.1) is 30.6 Å². The van der Waals surface area contributed by atoms with Crippen molar-refractivity contribution < 1.29 is 13.2 Å². The highest BCUT2D eigenvalue weighted by Crippen LogP contribution is 2.17. The van der Waals surface area contributed by atoms with E-state index in [1.807, 2.05) is 0 Å². The highest BCUT2D eigenvalue weighted by molar-refractivity contribution is 14.0. The first kappa shape index (κ1) is 24.4. The Morgan fingerprint density at radius 3 is 2.46 bits per heavy atom. The standard InChI is InChI=1S/C17H26N4O3S.HI/c1-6-9-18-17(20-12-16(22)21(3)4)19-11-14-7-8-15(13(2)10-14)25(5,23)24;/h6-8,10H,1,9,11-12H2,2-5H3,(H2,18,19,20);1H. The Morgan fingerprint density at radius 2 is 1.96 bits per heavy atom. The molecule has 0 bridgehead atoms. The number of carbonyl (C=O) groups excluding carboxylic acids is 1. The first-order valence-corrected chi connectivity index (χ1v) is 9.67. The van der Waals surface area contributed by atoms with E-state index >= 15 is 0 Å². The smallest absolute Gasteiger partial charge is 0.241 e. The number of aliphatic imine (C=N–C) groups is 1. The first-order chi connectivity index (χ1) is 11.6. The lowest BCUT2D eigenvalue weighted by Crippen LogP contribution is -2.43. The average molecular weight is 494 g/mol. The lowest BCUT2D eigenvalue weighted by molar-refractivity contribution is -0.127. The van der Waals surface area contributed by atoms with Gasteiger partial charge in [-0.1, -0.05) is 18.2 Å². The molecule has 0 aliphatic carbocycles. The van der Waals surface area contributed by atoms with E-state index in [0.29, 0.717) is 29.5 Å². The van der Waals surface area contributed by atoms with Crippen molar-refractivity contribution in [3.05, 3.63) is 42.0 Å². The summed E-state index contributed by atoms with van der Waals surface area (Å²) in [5, 5.41) is 6.00. The van der Waals surface area contributed by atoms with Gasteiger partial charge in [0.1, 0.15) is 0 Å². The molecule has 1 aromatic rings. The van der Waals surface area contributed by atoms with Gasteiger partial charge < -0.3 is 15.5 Å². The molecule has 0 atom stereocenters. The predicted molar refractivity (Wildman–Crippen MR) is 116 cm³/mol. The third kappa shape index (κ3) is 8.17. The minimum absolute atomic E-state index is 0. The third-order valence-corrected chi connectivity index (χ3v) is 4.64. The number of hydrogen-bond donors (Lipinski definition) is 2. The average Bonchev–Trinajstić information content (AvgIpc) is 2.52. The molecule has 0 aliphatic rings. The van der Waals surface area contributed by atoms with E-state index in [4.69, 9.17) is 0 Å². The van der Waals surface area contributed by atoms with Crippen molar-refractivity contribution in [3.8, 4) is 0 Å². The number of aryl methyl sites for hydroxylation is 1. The Morgan fingerprint density at radius 1 is 1.31 bits per heavy atom. The molecule has 0 saturated carbocycles. The quantitative estimate of drug-likeness (QED) is 0.258. The van der Waals surface area contributed by atoms with Crippen LogP contribution >= 0.6 is 24.0 Å². The number of likely N-dealkylation sites (N-methyl/N-ethyl adjacent to an activating group) is 1. The van der Waals surface area contributed by atoms with Crippen molar-refractivity contribution in [1.29, 1.82) is 0 Å². The number of rotatable bonds is 7. The summed E-state index contributed by atoms with van der Waals surface area (Å²) in [5.41, 5.74) is 1.56. The highest BCUT2D eigenvalue weighted by Gasteiger charge is 2.11. The zero-order chi connectivity index (χ0) is 19.0. The van der Waals surface area contributed by atoms with Crippen LogP contribution in [0.1, 0.15) is 11.1 Å². The lowest BCUT2D eigenvalue weighted by Gasteiger charge is -2.14. The molecule has 0 unspecified atom stereocenters. The Labute approximate surface area is 172 Å². The van der Waals surface area contributed by atoms with Crippen LogP contribution in [0, 0.1) is 6.92 Å². The van der Waals surface area contributed by atoms with E-state index in [-0.39, 0.29) is 36.4 Å². The summed E-state index contributed by atoms with van der Waals surface area (Å²) in [4.78, 5) is 17.9. The monoisotopic (exact) mass is 494 g/mol. The molecule has 1 rings (SSSR count). The van der Waals surface area contributed by atoms with Crippen LogP contribution in [0.2, 0.25) is 0 Å². The maximum Gasteiger partial charge on any atom is 0.241 e. The molecular formula is C17H27IN4O3S. The topological polar surface area (TPSA) is 90.9 Å². The second-order valence-corrected chi connectivity index (χ2v) is 7.83. The number of guanidine groups is 1. The van der Waals surface area contributed by atoms with Gasteiger partial charge in [0, 0.05) is 26.9 Å². The van der Waals surface area contributed by atoms with E-state index < -0.39 is 9.84 Å². The van der Waals surface area contributed by atoms with Gasteiger partial charge in [-0.2, -0.15) is 0 Å². The van der Waals surface area contributed by atoms with Crippen molar-refractivity contribution in [2.45, 2.75) is 18.4 Å². The van der Waals surface area contributed by atoms with E-state index in [0.717, 1.165) is 5.56 Å². The van der Waals surface area contributed by atoms with Gasteiger partial charge in [-0.3, -0.25) is 4.79 Å². The van der Waals surface area contributed by atoms with Gasteiger partial charge in [0.15, 0.2) is 15.8 Å². The van der Waals surface area contributed by atoms with E-state index in [1.165, 1.54) is 11.2 Å². The van der Waals surface area contributed by atoms with Crippen LogP contribution in [0.15, 0.2) is 40.7 Å². The molecule has 26 heavy (non-hydrogen) atoms. The second kappa shape index (κ2) is 11.2. The van der Waals surface area contributed by atoms with Crippen LogP contribution in [0.5, 0.6) is 0 Å². The zero-order valence-corrected chi connectivity index (χ0v) is 18.7. The molecule has 0 aromatic heterocycles. The molecule has 0 heterocycles. The van der Waals surface area contributed by atoms with Crippen LogP contribution in [0.3, 0.4) is 0 Å². The third-order valence-electron chi connectivity index (χ3n) is 3.38. The second-order valence-electron chi connectivity index (χ2n) is 5.85. The molecule has 2 N–H and O–H groups in total. The van der Waals surface area contributed by atoms with E-state index in [9.17, 15) is 13.2 Å². The molecule has 0 radical (unpaired) electrons. The van der Waals surface area contributed by atoms with Crippen LogP contribution in [-0.2, 0) is 21.2 Å². The van der Waals surface area contributed by atoms with Crippen LogP contribution < -0.4 is 10.6 Å². The zero-order valence-electron chi connectivity index (χ0n) is 15.6. The number of amides is 1. The summed E-state index contributed by atoms with van der Waals surface area (Å²) in [6.45, 7) is 6.39. The minimum atomic E-state index is -3.23. The van der Waals surface area contributed by atoms with Crippen molar-refractivity contribution in [1.82, 2.24) is 15.5 Å². The van der Waals surface area contributed by atoms with Crippen LogP contribution in [0.25, 0.3) is 0 Å². The molecule has 146 valence electrons. The minimum Gasteiger partial charge on any atom is -0.353 e. The molecule has 1 aromatic carbocycles. The van der Waals surface area contributed by atoms with Gasteiger partial charge in [-0.25, -0.2) is 13.4 Å². The van der Waals surface area contributed by atoms with Gasteiger partial charge in [0.2, 0.25) is 5.91 Å². The van der Waals surface area contributed by atoms with Crippen molar-refractivity contribution in [2.75, 3.05) is 33.4 Å². The summed E-state index contributed by atoms with van der Waals surface area (Å²) in [6, 6.07) is 5.13. The Kier molecular flexibility index (Phi) is 10.5. The number of nitrogens with one attached hydrogen (secondary N) is 2. The van der Waals surface area contributed by atoms with Crippen LogP contribution in [0.4, 0.5) is 0 Å². The van der Waals surface area contributed by atoms with Gasteiger partial charge in [0.25, 0.3) is 0 Å². The molecule has 7 nitrogen and oxygen atoms in total. The fraction of sp³-hybridized carbons (Fsp3) is 0.412. The lowest BCUT2D eigenvalue weighted by atomic mass is 10.1. The van der Waals surface area contributed by atoms with E-state index in [2.05, 4.69) is 22.2 Å². The maximum absolute atomic E-state index is 11.7. The summed E-state index contributed by atoms with van der Waals surface area (Å²) < 4.78 is 23.3. The fourth-order valence-electron chi connectivity index (χ4n) is 2.06. The summed E-state index contributed by atoms with van der Waals surface area (Å²) in [6.07, 6.45) is 2.88. The fourth-order valence-corrected chi connectivity index (χ4v) is 3.02. The number of halogens is 1. The van der Waals surface area contributed by atoms with Crippen molar-refractivity contribution >= 4 is 45.7 Å². The predicted octanol–water partition coefficient (Wildman–Crippen LogP) is 1.33. The summed E-state index contributed by atoms with van der Waals surface area (Å²) in [5.74, 6) is 0.418.